The molecule has 13 heavy (non-hydrogen) atoms. The fraction of sp³-hybridized carbons (Fsp3) is 1.00. The van der Waals surface area contributed by atoms with Crippen molar-refractivity contribution >= 4 is 0 Å². The van der Waals surface area contributed by atoms with Gasteiger partial charge in [-0.05, 0) is 0 Å². The van der Waals surface area contributed by atoms with Crippen molar-refractivity contribution in [2.75, 3.05) is 26.2 Å². The molecule has 2 aliphatic heterocycles. The van der Waals surface area contributed by atoms with Gasteiger partial charge in [0.15, 0.2) is 0 Å². The van der Waals surface area contributed by atoms with Crippen molar-refractivity contribution in [3.8, 4) is 0 Å². The molecular weight excluding hydrogens is 374 g/mol. The Morgan fingerprint density at radius 2 is 1.85 bits per heavy atom. The predicted octanol–water partition coefficient (Wildman–Crippen LogP) is 0.989. The van der Waals surface area contributed by atoms with Crippen LogP contribution >= 0.6 is 0 Å². The van der Waals surface area contributed by atoms with Gasteiger partial charge in [0.2, 0.25) is 0 Å². The number of nitrogens with zero attached hydrogens (tertiary/aromatic N) is 2. The van der Waals surface area contributed by atoms with Gasteiger partial charge in [-0.25, -0.2) is 0 Å². The van der Waals surface area contributed by atoms with Crippen LogP contribution in [0.15, 0.2) is 0 Å². The van der Waals surface area contributed by atoms with Crippen molar-refractivity contribution in [1.29, 1.82) is 0 Å². The second-order valence-corrected chi connectivity index (χ2v) is 10.5. The van der Waals surface area contributed by atoms with Gasteiger partial charge in [-0.3, -0.25) is 0 Å². The van der Waals surface area contributed by atoms with Crippen LogP contribution in [0.4, 0.5) is 0 Å². The standard InChI is InChI=1S/C10H19N2.Ra.H/c1-9(2)12-6-4-10(8-12)3-5-11-7-10;;/h9H,3-8H2,1-2H3;;/q-1;+1;. The summed E-state index contributed by atoms with van der Waals surface area (Å²) in [6, 6.07) is 0.760. The first kappa shape index (κ1) is 10.9. The van der Waals surface area contributed by atoms with E-state index >= 15 is 0 Å². The van der Waals surface area contributed by atoms with Crippen molar-refractivity contribution in [2.45, 2.75) is 32.7 Å². The number of hydrogen-bond donors (Lipinski definition) is 0. The van der Waals surface area contributed by atoms with Gasteiger partial charge in [0, 0.05) is 0 Å². The van der Waals surface area contributed by atoms with Crippen LogP contribution in [-0.4, -0.2) is 37.6 Å². The van der Waals surface area contributed by atoms with Gasteiger partial charge in [0.05, 0.1) is 0 Å². The summed E-state index contributed by atoms with van der Waals surface area (Å²) < 4.78 is 2.72. The molecule has 2 rings (SSSR count). The summed E-state index contributed by atoms with van der Waals surface area (Å²) in [7, 11) is 0. The van der Waals surface area contributed by atoms with E-state index in [1.165, 1.54) is 39.0 Å². The molecule has 2 aliphatic rings. The molecule has 0 N–H and O–H groups in total. The fourth-order valence-corrected chi connectivity index (χ4v) is 6.58. The molecule has 0 aromatic carbocycles. The van der Waals surface area contributed by atoms with E-state index in [4.69, 9.17) is 0 Å². The molecule has 1 unspecified atom stereocenters. The van der Waals surface area contributed by atoms with E-state index in [1.807, 2.05) is 0 Å². The van der Waals surface area contributed by atoms with E-state index in [9.17, 15) is 0 Å². The minimum absolute atomic E-state index is 0.618. The van der Waals surface area contributed by atoms with Gasteiger partial charge in [0.1, 0.15) is 0 Å². The second-order valence-electron chi connectivity index (χ2n) is 5.30. The first-order valence-corrected chi connectivity index (χ1v) is 9.22. The minimum atomic E-state index is 0.618. The maximum absolute atomic E-state index is 2.72. The number of hydrogen-bond acceptors (Lipinski definition) is 2. The normalized spacial score (nSPS) is 36.8. The quantitative estimate of drug-likeness (QED) is 0.655. The van der Waals surface area contributed by atoms with Crippen LogP contribution in [0, 0.1) is 48.6 Å². The van der Waals surface area contributed by atoms with E-state index < -0.39 is 0 Å². The third-order valence-corrected chi connectivity index (χ3v) is 6.96. The Morgan fingerprint density at radius 3 is 2.31 bits per heavy atom. The molecule has 2 heterocycles. The zero-order chi connectivity index (χ0) is 9.47. The monoisotopic (exact) mass is 394 g/mol. The van der Waals surface area contributed by atoms with E-state index in [2.05, 4.69) is 19.2 Å². The van der Waals surface area contributed by atoms with Crippen LogP contribution in [0.3, 0.4) is 0 Å². The molecule has 0 saturated carbocycles. The van der Waals surface area contributed by atoms with Gasteiger partial charge in [0.25, 0.3) is 0 Å². The van der Waals surface area contributed by atoms with E-state index in [0.29, 0.717) is 43.2 Å². The van der Waals surface area contributed by atoms with Crippen LogP contribution in [-0.2, 0) is 0 Å². The third kappa shape index (κ3) is 2.31. The molecule has 3 heteroatoms. The molecule has 0 aliphatic carbocycles. The van der Waals surface area contributed by atoms with Crippen molar-refractivity contribution in [3.05, 3.63) is 0 Å². The van der Waals surface area contributed by atoms with Crippen LogP contribution in [0.1, 0.15) is 26.7 Å². The van der Waals surface area contributed by atoms with Gasteiger partial charge < -0.3 is 0 Å². The molecule has 0 amide bonds. The zero-order valence-corrected chi connectivity index (χ0v) is 17.4. The summed E-state index contributed by atoms with van der Waals surface area (Å²) in [6.07, 6.45) is 2.94. The fourth-order valence-electron chi connectivity index (χ4n) is 2.90. The Kier molecular flexibility index (Phi) is 3.43. The Bertz CT molecular complexity index is 195. The molecule has 2 nitrogen and oxygen atoms in total. The molecule has 0 aromatic heterocycles. The van der Waals surface area contributed by atoms with Crippen LogP contribution in [0.25, 0.3) is 0 Å². The van der Waals surface area contributed by atoms with Gasteiger partial charge >= 0.3 is 113 Å². The van der Waals surface area contributed by atoms with Crippen molar-refractivity contribution < 1.29 is 43.2 Å². The van der Waals surface area contributed by atoms with Crippen molar-refractivity contribution in [3.63, 3.8) is 0 Å². The summed E-state index contributed by atoms with van der Waals surface area (Å²) in [5, 5.41) is 0. The summed E-state index contributed by atoms with van der Waals surface area (Å²) >= 11 is 0.618. The Balaban J connectivity index is 1.97. The predicted molar refractivity (Wildman–Crippen MR) is 51.3 cm³/mol. The molecule has 0 radical (unpaired) electrons. The van der Waals surface area contributed by atoms with Gasteiger partial charge in [-0.1, -0.05) is 0 Å². The van der Waals surface area contributed by atoms with Crippen LogP contribution in [0.2, 0.25) is 0 Å². The molecule has 72 valence electrons. The van der Waals surface area contributed by atoms with Gasteiger partial charge in [-0.15, -0.1) is 0 Å². The Labute approximate surface area is 112 Å². The molecule has 0 bridgehead atoms. The molecule has 1 atom stereocenters. The molecular formula is C10H20N2Ra. The van der Waals surface area contributed by atoms with E-state index in [-0.39, 0.29) is 0 Å². The van der Waals surface area contributed by atoms with Crippen molar-refractivity contribution in [2.24, 2.45) is 5.41 Å². The van der Waals surface area contributed by atoms with Crippen LogP contribution < -0.4 is 0 Å². The zero-order valence-electron chi connectivity index (χ0n) is 9.21. The third-order valence-electron chi connectivity index (χ3n) is 3.83. The molecule has 0 aromatic rings. The average Bonchev–Trinajstić information content (AvgIpc) is 2.61. The molecule has 1 spiro atoms. The van der Waals surface area contributed by atoms with E-state index in [0.717, 1.165) is 11.5 Å². The summed E-state index contributed by atoms with van der Waals surface area (Å²) in [4.78, 5) is 2.66. The first-order valence-electron chi connectivity index (χ1n) is 5.54. The Morgan fingerprint density at radius 1 is 1.15 bits per heavy atom. The van der Waals surface area contributed by atoms with Crippen molar-refractivity contribution in [1.82, 2.24) is 5.33 Å². The topological polar surface area (TPSA) is 6.48 Å². The number of likely N-dealkylation sites (tertiary alicyclic amines) is 1. The first-order chi connectivity index (χ1) is 6.11. The number of rotatable bonds is 1. The maximum atomic E-state index is 2.72. The summed E-state index contributed by atoms with van der Waals surface area (Å²) in [5.74, 6) is 0. The summed E-state index contributed by atoms with van der Waals surface area (Å²) in [5.41, 5.74) is 0.723. The summed E-state index contributed by atoms with van der Waals surface area (Å²) in [6.45, 7) is 10.2. The molecule has 2 saturated heterocycles. The van der Waals surface area contributed by atoms with E-state index in [1.54, 1.807) is 0 Å². The van der Waals surface area contributed by atoms with Gasteiger partial charge in [-0.2, -0.15) is 0 Å². The second kappa shape index (κ2) is 4.10. The SMILES string of the molecule is CC(C)N1CCC2(CC[N]([RaH])C2)C1. The van der Waals surface area contributed by atoms with Crippen LogP contribution in [0.5, 0.6) is 0 Å². The Hall–Kier alpha value is 1.39. The average molecular weight is 394 g/mol. The molecule has 2 fully saturated rings.